The van der Waals surface area contributed by atoms with Crippen LogP contribution in [0.5, 0.6) is 0 Å². The monoisotopic (exact) mass is 317 g/mol. The second-order valence-corrected chi connectivity index (χ2v) is 8.81. The molecule has 0 aliphatic heterocycles. The zero-order valence-electron chi connectivity index (χ0n) is 13.2. The maximum atomic E-state index is 12.6. The van der Waals surface area contributed by atoms with Crippen LogP contribution in [0.2, 0.25) is 0 Å². The van der Waals surface area contributed by atoms with E-state index in [1.165, 1.54) is 7.11 Å². The SMILES string of the molecule is COC(=O)C1CCCC1S(=O)(=O)NC1CC(C)CC(C)C1. The van der Waals surface area contributed by atoms with Crippen molar-refractivity contribution >= 4 is 16.0 Å². The first-order valence-corrected chi connectivity index (χ1v) is 9.47. The van der Waals surface area contributed by atoms with Gasteiger partial charge in [0.25, 0.3) is 0 Å². The van der Waals surface area contributed by atoms with Gasteiger partial charge in [0.1, 0.15) is 0 Å². The van der Waals surface area contributed by atoms with Gasteiger partial charge in [-0.15, -0.1) is 0 Å². The van der Waals surface area contributed by atoms with E-state index in [0.29, 0.717) is 24.7 Å². The molecular weight excluding hydrogens is 290 g/mol. The summed E-state index contributed by atoms with van der Waals surface area (Å²) in [5.74, 6) is 0.182. The molecule has 2 fully saturated rings. The molecule has 1 N–H and O–H groups in total. The van der Waals surface area contributed by atoms with Crippen molar-refractivity contribution in [2.45, 2.75) is 63.7 Å². The number of esters is 1. The number of sulfonamides is 1. The van der Waals surface area contributed by atoms with Gasteiger partial charge in [0.2, 0.25) is 10.0 Å². The van der Waals surface area contributed by atoms with E-state index in [-0.39, 0.29) is 6.04 Å². The lowest BCUT2D eigenvalue weighted by molar-refractivity contribution is -0.145. The van der Waals surface area contributed by atoms with Crippen molar-refractivity contribution in [3.05, 3.63) is 0 Å². The Morgan fingerprint density at radius 1 is 1.10 bits per heavy atom. The van der Waals surface area contributed by atoms with Crippen LogP contribution >= 0.6 is 0 Å². The van der Waals surface area contributed by atoms with Crippen molar-refractivity contribution in [3.8, 4) is 0 Å². The average molecular weight is 317 g/mol. The predicted octanol–water partition coefficient (Wildman–Crippen LogP) is 2.07. The molecular formula is C15H27NO4S. The van der Waals surface area contributed by atoms with Gasteiger partial charge in [0, 0.05) is 6.04 Å². The van der Waals surface area contributed by atoms with E-state index < -0.39 is 27.2 Å². The second kappa shape index (κ2) is 6.65. The summed E-state index contributed by atoms with van der Waals surface area (Å²) in [4.78, 5) is 11.8. The predicted molar refractivity (Wildman–Crippen MR) is 81.2 cm³/mol. The smallest absolute Gasteiger partial charge is 0.310 e. The maximum Gasteiger partial charge on any atom is 0.310 e. The first kappa shape index (κ1) is 16.7. The van der Waals surface area contributed by atoms with E-state index in [0.717, 1.165) is 25.7 Å². The Balaban J connectivity index is 2.05. The van der Waals surface area contributed by atoms with Gasteiger partial charge in [0.05, 0.1) is 18.3 Å². The van der Waals surface area contributed by atoms with Crippen LogP contribution in [0.15, 0.2) is 0 Å². The summed E-state index contributed by atoms with van der Waals surface area (Å²) in [5, 5.41) is -0.627. The van der Waals surface area contributed by atoms with Gasteiger partial charge in [-0.2, -0.15) is 0 Å². The molecule has 0 radical (unpaired) electrons. The van der Waals surface area contributed by atoms with E-state index in [1.54, 1.807) is 0 Å². The molecule has 0 spiro atoms. The molecule has 4 atom stereocenters. The van der Waals surface area contributed by atoms with E-state index in [9.17, 15) is 13.2 Å². The zero-order chi connectivity index (χ0) is 15.6. The zero-order valence-corrected chi connectivity index (χ0v) is 14.0. The first-order chi connectivity index (χ1) is 9.83. The molecule has 0 aromatic heterocycles. The van der Waals surface area contributed by atoms with Crippen molar-refractivity contribution in [1.29, 1.82) is 0 Å². The highest BCUT2D eigenvalue weighted by atomic mass is 32.2. The summed E-state index contributed by atoms with van der Waals surface area (Å²) < 4.78 is 32.9. The third-order valence-electron chi connectivity index (χ3n) is 4.86. The van der Waals surface area contributed by atoms with Gasteiger partial charge in [-0.05, 0) is 43.9 Å². The number of carbonyl (C=O) groups is 1. The second-order valence-electron chi connectivity index (χ2n) is 6.88. The van der Waals surface area contributed by atoms with Crippen LogP contribution in [0.1, 0.15) is 52.4 Å². The Hall–Kier alpha value is -0.620. The molecule has 5 nitrogen and oxygen atoms in total. The molecule has 2 aliphatic rings. The molecule has 0 heterocycles. The van der Waals surface area contributed by atoms with E-state index in [2.05, 4.69) is 18.6 Å². The highest BCUT2D eigenvalue weighted by Gasteiger charge is 2.43. The lowest BCUT2D eigenvalue weighted by Crippen LogP contribution is -2.46. The first-order valence-electron chi connectivity index (χ1n) is 7.92. The number of ether oxygens (including phenoxy) is 1. The molecule has 0 saturated heterocycles. The summed E-state index contributed by atoms with van der Waals surface area (Å²) in [5.41, 5.74) is 0. The minimum atomic E-state index is -3.46. The van der Waals surface area contributed by atoms with Crippen LogP contribution in [0.3, 0.4) is 0 Å². The summed E-state index contributed by atoms with van der Waals surface area (Å²) in [6, 6.07) is 0.00708. The number of rotatable bonds is 4. The molecule has 2 aliphatic carbocycles. The molecule has 0 bridgehead atoms. The third kappa shape index (κ3) is 3.97. The van der Waals surface area contributed by atoms with Gasteiger partial charge >= 0.3 is 5.97 Å². The molecule has 6 heteroatoms. The Morgan fingerprint density at radius 2 is 1.71 bits per heavy atom. The maximum absolute atomic E-state index is 12.6. The van der Waals surface area contributed by atoms with Crippen LogP contribution in [-0.2, 0) is 19.6 Å². The molecule has 4 unspecified atom stereocenters. The molecule has 0 aromatic rings. The average Bonchev–Trinajstić information content (AvgIpc) is 2.85. The lowest BCUT2D eigenvalue weighted by atomic mass is 9.81. The van der Waals surface area contributed by atoms with Crippen LogP contribution in [0, 0.1) is 17.8 Å². The number of methoxy groups -OCH3 is 1. The van der Waals surface area contributed by atoms with Gasteiger partial charge in [-0.3, -0.25) is 4.79 Å². The van der Waals surface area contributed by atoms with Gasteiger partial charge < -0.3 is 4.74 Å². The highest BCUT2D eigenvalue weighted by Crippen LogP contribution is 2.34. The summed E-state index contributed by atoms with van der Waals surface area (Å²) in [6.45, 7) is 4.34. The lowest BCUT2D eigenvalue weighted by Gasteiger charge is -2.32. The van der Waals surface area contributed by atoms with Crippen LogP contribution < -0.4 is 4.72 Å². The third-order valence-corrected chi connectivity index (χ3v) is 6.89. The van der Waals surface area contributed by atoms with Crippen LogP contribution in [-0.4, -0.2) is 32.8 Å². The number of nitrogens with one attached hydrogen (secondary N) is 1. The fraction of sp³-hybridized carbons (Fsp3) is 0.933. The Morgan fingerprint density at radius 3 is 2.29 bits per heavy atom. The molecule has 2 saturated carbocycles. The summed E-state index contributed by atoms with van der Waals surface area (Å²) >= 11 is 0. The molecule has 21 heavy (non-hydrogen) atoms. The van der Waals surface area contributed by atoms with Crippen molar-refractivity contribution in [2.24, 2.45) is 17.8 Å². The van der Waals surface area contributed by atoms with E-state index >= 15 is 0 Å². The number of hydrogen-bond donors (Lipinski definition) is 1. The fourth-order valence-electron chi connectivity index (χ4n) is 4.08. The largest absolute Gasteiger partial charge is 0.469 e. The quantitative estimate of drug-likeness (QED) is 0.806. The minimum Gasteiger partial charge on any atom is -0.469 e. The number of carbonyl (C=O) groups excluding carboxylic acids is 1. The Bertz CT molecular complexity index is 466. The van der Waals surface area contributed by atoms with Crippen LogP contribution in [0.4, 0.5) is 0 Å². The van der Waals surface area contributed by atoms with Gasteiger partial charge in [0.15, 0.2) is 0 Å². The van der Waals surface area contributed by atoms with Crippen molar-refractivity contribution in [3.63, 3.8) is 0 Å². The molecule has 122 valence electrons. The normalized spacial score (nSPS) is 37.4. The number of hydrogen-bond acceptors (Lipinski definition) is 4. The fourth-order valence-corrected chi connectivity index (χ4v) is 6.07. The van der Waals surface area contributed by atoms with Crippen molar-refractivity contribution < 1.29 is 17.9 Å². The van der Waals surface area contributed by atoms with Crippen molar-refractivity contribution in [2.75, 3.05) is 7.11 Å². The van der Waals surface area contributed by atoms with Gasteiger partial charge in [-0.1, -0.05) is 20.3 Å². The molecule has 0 amide bonds. The molecule has 2 rings (SSSR count). The summed E-state index contributed by atoms with van der Waals surface area (Å²) in [6.07, 6.45) is 4.86. The van der Waals surface area contributed by atoms with E-state index in [1.807, 2.05) is 0 Å². The molecule has 0 aromatic carbocycles. The Kier molecular flexibility index (Phi) is 5.30. The minimum absolute atomic E-state index is 0.00708. The van der Waals surface area contributed by atoms with Crippen molar-refractivity contribution in [1.82, 2.24) is 4.72 Å². The summed E-state index contributed by atoms with van der Waals surface area (Å²) in [7, 11) is -2.14. The topological polar surface area (TPSA) is 72.5 Å². The van der Waals surface area contributed by atoms with Crippen LogP contribution in [0.25, 0.3) is 0 Å². The highest BCUT2D eigenvalue weighted by molar-refractivity contribution is 7.90. The Labute approximate surface area is 127 Å². The van der Waals surface area contributed by atoms with E-state index in [4.69, 9.17) is 4.74 Å². The van der Waals surface area contributed by atoms with Gasteiger partial charge in [-0.25, -0.2) is 13.1 Å². The standard InChI is InChI=1S/C15H27NO4S/c1-10-7-11(2)9-12(8-10)16-21(18,19)14-6-4-5-13(14)15(17)20-3/h10-14,16H,4-9H2,1-3H3.